The minimum Gasteiger partial charge on any atom is -0.497 e. The number of hydrogen-bond acceptors (Lipinski definition) is 4. The lowest BCUT2D eigenvalue weighted by atomic mass is 10.1. The molecule has 0 radical (unpaired) electrons. The highest BCUT2D eigenvalue weighted by Crippen LogP contribution is 2.32. The number of carbonyl (C=O) groups is 1. The summed E-state index contributed by atoms with van der Waals surface area (Å²) in [4.78, 5) is 12.4. The second kappa shape index (κ2) is 10.6. The molecule has 0 aliphatic heterocycles. The Morgan fingerprint density at radius 1 is 1.15 bits per heavy atom. The third-order valence-electron chi connectivity index (χ3n) is 3.80. The van der Waals surface area contributed by atoms with Crippen LogP contribution in [0.3, 0.4) is 0 Å². The van der Waals surface area contributed by atoms with E-state index in [2.05, 4.69) is 10.6 Å². The van der Waals surface area contributed by atoms with Gasteiger partial charge in [-0.25, -0.2) is 4.79 Å². The van der Waals surface area contributed by atoms with Gasteiger partial charge in [-0.2, -0.15) is 0 Å². The molecule has 2 aromatic rings. The molecule has 146 valence electrons. The molecule has 2 N–H and O–H groups in total. The number of amides is 2. The maximum Gasteiger partial charge on any atom is 0.319 e. The zero-order valence-electron chi connectivity index (χ0n) is 15.8. The number of methoxy groups -OCH3 is 2. The quantitative estimate of drug-likeness (QED) is 0.629. The molecule has 6 nitrogen and oxygen atoms in total. The molecule has 1 atom stereocenters. The number of anilines is 1. The van der Waals surface area contributed by atoms with Crippen LogP contribution in [0.5, 0.6) is 11.5 Å². The molecule has 2 amide bonds. The molecule has 0 bridgehead atoms. The summed E-state index contributed by atoms with van der Waals surface area (Å²) in [7, 11) is 3.22. The minimum atomic E-state index is -0.329. The molecule has 0 aliphatic carbocycles. The lowest BCUT2D eigenvalue weighted by Crippen LogP contribution is -2.37. The molecule has 0 heterocycles. The van der Waals surface area contributed by atoms with Crippen LogP contribution in [0.4, 0.5) is 10.5 Å². The molecule has 0 saturated carbocycles. The maximum atomic E-state index is 12.4. The fourth-order valence-corrected chi connectivity index (χ4v) is 2.80. The normalized spacial score (nSPS) is 11.6. The van der Waals surface area contributed by atoms with Crippen LogP contribution in [0, 0.1) is 0 Å². The molecule has 0 saturated heterocycles. The monoisotopic (exact) mass is 392 g/mol. The van der Waals surface area contributed by atoms with Gasteiger partial charge in [-0.05, 0) is 43.2 Å². The molecule has 0 aliphatic rings. The standard InChI is InChI=1S/C20H25ClN2O4/c1-14(12-15-6-4-7-16(13-15)26-3)22-20(24)23-18-9-5-8-17(21)19(18)27-11-10-25-2/h4-9,13-14H,10-12H2,1-3H3,(H2,22,23,24). The van der Waals surface area contributed by atoms with E-state index in [1.54, 1.807) is 32.4 Å². The number of urea groups is 1. The Morgan fingerprint density at radius 3 is 2.67 bits per heavy atom. The smallest absolute Gasteiger partial charge is 0.319 e. The molecule has 0 aromatic heterocycles. The highest BCUT2D eigenvalue weighted by Gasteiger charge is 2.13. The Kier molecular flexibility index (Phi) is 8.23. The largest absolute Gasteiger partial charge is 0.497 e. The van der Waals surface area contributed by atoms with E-state index in [1.165, 1.54) is 0 Å². The Balaban J connectivity index is 1.95. The van der Waals surface area contributed by atoms with Gasteiger partial charge in [0.05, 0.1) is 24.4 Å². The molecule has 27 heavy (non-hydrogen) atoms. The van der Waals surface area contributed by atoms with Crippen molar-refractivity contribution >= 4 is 23.3 Å². The van der Waals surface area contributed by atoms with E-state index in [4.69, 9.17) is 25.8 Å². The van der Waals surface area contributed by atoms with E-state index in [-0.39, 0.29) is 12.1 Å². The zero-order valence-corrected chi connectivity index (χ0v) is 16.5. The molecule has 0 fully saturated rings. The van der Waals surface area contributed by atoms with Crippen molar-refractivity contribution in [3.63, 3.8) is 0 Å². The van der Waals surface area contributed by atoms with Crippen molar-refractivity contribution in [2.45, 2.75) is 19.4 Å². The van der Waals surface area contributed by atoms with E-state index >= 15 is 0 Å². The summed E-state index contributed by atoms with van der Waals surface area (Å²) in [6.07, 6.45) is 0.678. The molecular weight excluding hydrogens is 368 g/mol. The summed E-state index contributed by atoms with van der Waals surface area (Å²) in [5.74, 6) is 1.22. The number of nitrogens with one attached hydrogen (secondary N) is 2. The number of carbonyl (C=O) groups excluding carboxylic acids is 1. The van der Waals surface area contributed by atoms with Crippen molar-refractivity contribution in [1.29, 1.82) is 0 Å². The van der Waals surface area contributed by atoms with Crippen molar-refractivity contribution < 1.29 is 19.0 Å². The Morgan fingerprint density at radius 2 is 1.93 bits per heavy atom. The number of rotatable bonds is 9. The van der Waals surface area contributed by atoms with Crippen LogP contribution >= 0.6 is 11.6 Å². The van der Waals surface area contributed by atoms with Crippen molar-refractivity contribution in [3.8, 4) is 11.5 Å². The third kappa shape index (κ3) is 6.66. The third-order valence-corrected chi connectivity index (χ3v) is 4.10. The first-order valence-corrected chi connectivity index (χ1v) is 9.02. The molecule has 7 heteroatoms. The van der Waals surface area contributed by atoms with Gasteiger partial charge in [0, 0.05) is 13.2 Å². The predicted molar refractivity (Wildman–Crippen MR) is 107 cm³/mol. The molecule has 0 spiro atoms. The number of ether oxygens (including phenoxy) is 3. The van der Waals surface area contributed by atoms with Crippen LogP contribution in [-0.4, -0.2) is 39.5 Å². The lowest BCUT2D eigenvalue weighted by Gasteiger charge is -2.17. The second-order valence-electron chi connectivity index (χ2n) is 6.01. The molecular formula is C20H25ClN2O4. The second-order valence-corrected chi connectivity index (χ2v) is 6.42. The number of benzene rings is 2. The van der Waals surface area contributed by atoms with Crippen molar-refractivity contribution in [3.05, 3.63) is 53.1 Å². The Labute approximate surface area is 164 Å². The van der Waals surface area contributed by atoms with Crippen LogP contribution < -0.4 is 20.1 Å². The van der Waals surface area contributed by atoms with Gasteiger partial charge in [0.2, 0.25) is 0 Å². The fourth-order valence-electron chi connectivity index (χ4n) is 2.57. The summed E-state index contributed by atoms with van der Waals surface area (Å²) < 4.78 is 15.8. The zero-order chi connectivity index (χ0) is 19.6. The molecule has 2 aromatic carbocycles. The van der Waals surface area contributed by atoms with Crippen LogP contribution in [0.1, 0.15) is 12.5 Å². The van der Waals surface area contributed by atoms with E-state index < -0.39 is 0 Å². The van der Waals surface area contributed by atoms with Gasteiger partial charge >= 0.3 is 6.03 Å². The van der Waals surface area contributed by atoms with Crippen LogP contribution in [0.25, 0.3) is 0 Å². The summed E-state index contributed by atoms with van der Waals surface area (Å²) in [5.41, 5.74) is 1.58. The summed E-state index contributed by atoms with van der Waals surface area (Å²) >= 11 is 6.18. The van der Waals surface area contributed by atoms with Crippen molar-refractivity contribution in [2.75, 3.05) is 32.8 Å². The van der Waals surface area contributed by atoms with Gasteiger partial charge in [-0.3, -0.25) is 0 Å². The fraction of sp³-hybridized carbons (Fsp3) is 0.350. The number of halogens is 1. The first-order chi connectivity index (χ1) is 13.0. The average molecular weight is 393 g/mol. The summed E-state index contributed by atoms with van der Waals surface area (Å²) in [5, 5.41) is 6.13. The Hall–Kier alpha value is -2.44. The maximum absolute atomic E-state index is 12.4. The van der Waals surface area contributed by atoms with Gasteiger partial charge in [0.1, 0.15) is 12.4 Å². The van der Waals surface area contributed by atoms with E-state index in [1.807, 2.05) is 31.2 Å². The summed E-state index contributed by atoms with van der Waals surface area (Å²) in [6.45, 7) is 2.70. The number of hydrogen-bond donors (Lipinski definition) is 2. The van der Waals surface area contributed by atoms with Gasteiger partial charge in [-0.1, -0.05) is 29.8 Å². The van der Waals surface area contributed by atoms with E-state index in [9.17, 15) is 4.79 Å². The minimum absolute atomic E-state index is 0.0749. The van der Waals surface area contributed by atoms with Crippen LogP contribution in [0.2, 0.25) is 5.02 Å². The van der Waals surface area contributed by atoms with Gasteiger partial charge in [0.15, 0.2) is 5.75 Å². The first kappa shape index (κ1) is 20.9. The van der Waals surface area contributed by atoms with Crippen LogP contribution in [0.15, 0.2) is 42.5 Å². The van der Waals surface area contributed by atoms with Gasteiger partial charge in [0.25, 0.3) is 0 Å². The number of para-hydroxylation sites is 1. The molecule has 1 unspecified atom stereocenters. The van der Waals surface area contributed by atoms with Gasteiger partial charge in [-0.15, -0.1) is 0 Å². The highest BCUT2D eigenvalue weighted by molar-refractivity contribution is 6.32. The summed E-state index contributed by atoms with van der Waals surface area (Å²) in [6, 6.07) is 12.6. The van der Waals surface area contributed by atoms with Crippen molar-refractivity contribution in [1.82, 2.24) is 5.32 Å². The lowest BCUT2D eigenvalue weighted by molar-refractivity contribution is 0.146. The van der Waals surface area contributed by atoms with E-state index in [0.29, 0.717) is 36.1 Å². The van der Waals surface area contributed by atoms with Crippen LogP contribution in [-0.2, 0) is 11.2 Å². The average Bonchev–Trinajstić information content (AvgIpc) is 2.64. The van der Waals surface area contributed by atoms with Gasteiger partial charge < -0.3 is 24.8 Å². The molecule has 2 rings (SSSR count). The van der Waals surface area contributed by atoms with E-state index in [0.717, 1.165) is 11.3 Å². The highest BCUT2D eigenvalue weighted by atomic mass is 35.5. The SMILES string of the molecule is COCCOc1c(Cl)cccc1NC(=O)NC(C)Cc1cccc(OC)c1. The topological polar surface area (TPSA) is 68.8 Å². The Bertz CT molecular complexity index is 755. The first-order valence-electron chi connectivity index (χ1n) is 8.64. The predicted octanol–water partition coefficient (Wildman–Crippen LogP) is 4.13. The van der Waals surface area contributed by atoms with Crippen molar-refractivity contribution in [2.24, 2.45) is 0 Å².